The lowest BCUT2D eigenvalue weighted by Gasteiger charge is -2.33. The third-order valence-electron chi connectivity index (χ3n) is 4.77. The molecule has 2 amide bonds. The van der Waals surface area contributed by atoms with E-state index in [4.69, 9.17) is 5.73 Å². The normalized spacial score (nSPS) is 16.0. The van der Waals surface area contributed by atoms with Crippen molar-refractivity contribution in [1.82, 2.24) is 20.1 Å². The third kappa shape index (κ3) is 3.77. The molecule has 0 saturated carbocycles. The van der Waals surface area contributed by atoms with Gasteiger partial charge >= 0.3 is 0 Å². The standard InChI is InChI=1S/C19H20BrN7O2S/c1-10-14(11-3-5-12(20)6-4-11)25-18(30-10)24-13(28)9-23-15-16(21)27-8-7-22-19(27)26(2)17(15)29/h3-6,23H,7-9,21H2,1-2H3,(H,24,25,28). The second-order valence-electron chi connectivity index (χ2n) is 6.79. The summed E-state index contributed by atoms with van der Waals surface area (Å²) in [6, 6.07) is 7.83. The van der Waals surface area contributed by atoms with Gasteiger partial charge in [-0.2, -0.15) is 0 Å². The number of aliphatic imine (C=N–C) groups is 1. The number of hydrogen-bond acceptors (Lipinski definition) is 8. The van der Waals surface area contributed by atoms with Crippen molar-refractivity contribution >= 4 is 50.2 Å². The van der Waals surface area contributed by atoms with Gasteiger partial charge in [-0.3, -0.25) is 24.4 Å². The summed E-state index contributed by atoms with van der Waals surface area (Å²) in [5.41, 5.74) is 8.12. The molecule has 0 bridgehead atoms. The van der Waals surface area contributed by atoms with Crippen LogP contribution in [0.5, 0.6) is 0 Å². The van der Waals surface area contributed by atoms with Crippen molar-refractivity contribution in [3.63, 3.8) is 0 Å². The number of hydrogen-bond donors (Lipinski definition) is 3. The second kappa shape index (κ2) is 8.07. The summed E-state index contributed by atoms with van der Waals surface area (Å²) in [7, 11) is 1.63. The van der Waals surface area contributed by atoms with E-state index in [1.165, 1.54) is 16.2 Å². The highest BCUT2D eigenvalue weighted by atomic mass is 79.9. The number of nitrogens with one attached hydrogen (secondary N) is 2. The van der Waals surface area contributed by atoms with Gasteiger partial charge < -0.3 is 16.4 Å². The Morgan fingerprint density at radius 2 is 2.07 bits per heavy atom. The number of aryl methyl sites for hydroxylation is 1. The molecule has 0 radical (unpaired) electrons. The molecule has 0 saturated heterocycles. The van der Waals surface area contributed by atoms with E-state index in [1.54, 1.807) is 11.9 Å². The van der Waals surface area contributed by atoms with Crippen LogP contribution in [0.25, 0.3) is 11.3 Å². The molecule has 11 heteroatoms. The Bertz CT molecular complexity index is 1080. The molecule has 156 valence electrons. The molecule has 30 heavy (non-hydrogen) atoms. The first-order valence-electron chi connectivity index (χ1n) is 9.22. The predicted molar refractivity (Wildman–Crippen MR) is 120 cm³/mol. The number of rotatable bonds is 5. The Kier molecular flexibility index (Phi) is 5.48. The molecular formula is C19H20BrN7O2S. The lowest BCUT2D eigenvalue weighted by atomic mass is 10.1. The highest BCUT2D eigenvalue weighted by molar-refractivity contribution is 9.10. The molecule has 0 fully saturated rings. The van der Waals surface area contributed by atoms with Crippen molar-refractivity contribution in [1.29, 1.82) is 0 Å². The van der Waals surface area contributed by atoms with E-state index in [9.17, 15) is 9.59 Å². The minimum Gasteiger partial charge on any atom is -0.383 e. The number of fused-ring (bicyclic) bond motifs is 1. The maximum absolute atomic E-state index is 12.6. The van der Waals surface area contributed by atoms with Crippen LogP contribution < -0.4 is 16.4 Å². The van der Waals surface area contributed by atoms with Gasteiger partial charge in [-0.1, -0.05) is 28.1 Å². The van der Waals surface area contributed by atoms with Crippen LogP contribution in [0.15, 0.2) is 45.2 Å². The van der Waals surface area contributed by atoms with Gasteiger partial charge in [0.05, 0.1) is 18.8 Å². The number of nitrogens with zero attached hydrogens (tertiary/aromatic N) is 4. The fourth-order valence-electron chi connectivity index (χ4n) is 3.28. The van der Waals surface area contributed by atoms with E-state index in [0.29, 0.717) is 24.2 Å². The molecular weight excluding hydrogens is 470 g/mol. The molecule has 4 N–H and O–H groups in total. The summed E-state index contributed by atoms with van der Waals surface area (Å²) in [6.45, 7) is 3.03. The molecule has 4 rings (SSSR count). The van der Waals surface area contributed by atoms with Crippen molar-refractivity contribution in [3.8, 4) is 11.3 Å². The van der Waals surface area contributed by atoms with Crippen LogP contribution in [-0.4, -0.2) is 59.2 Å². The van der Waals surface area contributed by atoms with Crippen LogP contribution in [0.1, 0.15) is 4.88 Å². The number of thiazole rings is 1. The molecule has 1 aromatic carbocycles. The van der Waals surface area contributed by atoms with Crippen molar-refractivity contribution in [2.24, 2.45) is 10.7 Å². The summed E-state index contributed by atoms with van der Waals surface area (Å²) >= 11 is 4.82. The smallest absolute Gasteiger partial charge is 0.280 e. The summed E-state index contributed by atoms with van der Waals surface area (Å²) in [6.07, 6.45) is 0. The summed E-state index contributed by atoms with van der Waals surface area (Å²) in [5.74, 6) is 0.179. The van der Waals surface area contributed by atoms with E-state index < -0.39 is 0 Å². The number of amides is 2. The van der Waals surface area contributed by atoms with Gasteiger partial charge in [0.15, 0.2) is 5.13 Å². The average molecular weight is 490 g/mol. The van der Waals surface area contributed by atoms with Crippen molar-refractivity contribution in [3.05, 3.63) is 45.1 Å². The number of anilines is 1. The van der Waals surface area contributed by atoms with Crippen LogP contribution in [0, 0.1) is 6.92 Å². The van der Waals surface area contributed by atoms with Crippen molar-refractivity contribution in [2.45, 2.75) is 6.92 Å². The Morgan fingerprint density at radius 3 is 2.80 bits per heavy atom. The van der Waals surface area contributed by atoms with E-state index in [2.05, 4.69) is 36.5 Å². The Hall–Kier alpha value is -2.92. The van der Waals surface area contributed by atoms with Gasteiger partial charge in [0.1, 0.15) is 11.5 Å². The summed E-state index contributed by atoms with van der Waals surface area (Å²) in [5, 5.41) is 6.15. The molecule has 2 aliphatic rings. The highest BCUT2D eigenvalue weighted by Crippen LogP contribution is 2.31. The first-order valence-corrected chi connectivity index (χ1v) is 10.8. The van der Waals surface area contributed by atoms with Crippen LogP contribution >= 0.6 is 27.3 Å². The van der Waals surface area contributed by atoms with Gasteiger partial charge in [0.25, 0.3) is 5.91 Å². The second-order valence-corrected chi connectivity index (χ2v) is 8.91. The minimum atomic E-state index is -0.320. The number of benzene rings is 1. The average Bonchev–Trinajstić information content (AvgIpc) is 3.34. The van der Waals surface area contributed by atoms with Gasteiger partial charge in [-0.15, -0.1) is 11.3 Å². The van der Waals surface area contributed by atoms with E-state index in [1.807, 2.05) is 31.2 Å². The Morgan fingerprint density at radius 1 is 1.33 bits per heavy atom. The Labute approximate surface area is 185 Å². The molecule has 0 unspecified atom stereocenters. The maximum atomic E-state index is 12.6. The highest BCUT2D eigenvalue weighted by Gasteiger charge is 2.36. The van der Waals surface area contributed by atoms with Crippen LogP contribution in [0.4, 0.5) is 5.13 Å². The summed E-state index contributed by atoms with van der Waals surface area (Å²) in [4.78, 5) is 38.0. The molecule has 0 spiro atoms. The quantitative estimate of drug-likeness (QED) is 0.588. The minimum absolute atomic E-state index is 0.109. The molecule has 2 aromatic rings. The zero-order valence-corrected chi connectivity index (χ0v) is 18.8. The van der Waals surface area contributed by atoms with E-state index in [-0.39, 0.29) is 29.9 Å². The Balaban J connectivity index is 1.43. The molecule has 0 aliphatic carbocycles. The molecule has 0 atom stereocenters. The predicted octanol–water partition coefficient (Wildman–Crippen LogP) is 1.68. The largest absolute Gasteiger partial charge is 0.383 e. The van der Waals surface area contributed by atoms with E-state index in [0.717, 1.165) is 20.6 Å². The molecule has 3 heterocycles. The first-order chi connectivity index (χ1) is 14.3. The third-order valence-corrected chi connectivity index (χ3v) is 6.18. The first kappa shape index (κ1) is 20.4. The molecule has 9 nitrogen and oxygen atoms in total. The van der Waals surface area contributed by atoms with Gasteiger partial charge in [-0.25, -0.2) is 4.98 Å². The van der Waals surface area contributed by atoms with Crippen LogP contribution in [-0.2, 0) is 9.59 Å². The maximum Gasteiger partial charge on any atom is 0.280 e. The lowest BCUT2D eigenvalue weighted by molar-refractivity contribution is -0.124. The zero-order chi connectivity index (χ0) is 21.4. The van der Waals surface area contributed by atoms with Crippen molar-refractivity contribution in [2.75, 3.05) is 32.0 Å². The molecule has 1 aromatic heterocycles. The van der Waals surface area contributed by atoms with E-state index >= 15 is 0 Å². The number of aromatic nitrogens is 1. The topological polar surface area (TPSA) is 116 Å². The fourth-order valence-corrected chi connectivity index (χ4v) is 4.39. The van der Waals surface area contributed by atoms with Crippen LogP contribution in [0.3, 0.4) is 0 Å². The van der Waals surface area contributed by atoms with Gasteiger partial charge in [-0.05, 0) is 19.1 Å². The zero-order valence-electron chi connectivity index (χ0n) is 16.4. The molecule has 2 aliphatic heterocycles. The number of carbonyl (C=O) groups excluding carboxylic acids is 2. The lowest BCUT2D eigenvalue weighted by Crippen LogP contribution is -2.53. The number of nitrogens with two attached hydrogens (primary N) is 1. The van der Waals surface area contributed by atoms with Crippen molar-refractivity contribution < 1.29 is 9.59 Å². The number of likely N-dealkylation sites (N-methyl/N-ethyl adjacent to an activating group) is 1. The SMILES string of the molecule is Cc1sc(NC(=O)CNC2=C(N)N3CCN=C3N(C)C2=O)nc1-c1ccc(Br)cc1. The number of carbonyl (C=O) groups is 2. The van der Waals surface area contributed by atoms with Gasteiger partial charge in [0.2, 0.25) is 11.9 Å². The fraction of sp³-hybridized carbons (Fsp3) is 0.263. The van der Waals surface area contributed by atoms with Gasteiger partial charge in [0, 0.05) is 28.5 Å². The van der Waals surface area contributed by atoms with Crippen LogP contribution in [0.2, 0.25) is 0 Å². The number of halogens is 1. The monoisotopic (exact) mass is 489 g/mol. The number of guanidine groups is 1. The summed E-state index contributed by atoms with van der Waals surface area (Å²) < 4.78 is 0.988.